The van der Waals surface area contributed by atoms with E-state index >= 15 is 0 Å². The van der Waals surface area contributed by atoms with Gasteiger partial charge in [0, 0.05) is 17.4 Å². The monoisotopic (exact) mass is 269 g/mol. The minimum Gasteiger partial charge on any atom is -0.481 e. The summed E-state index contributed by atoms with van der Waals surface area (Å²) in [6, 6.07) is 9.92. The van der Waals surface area contributed by atoms with Gasteiger partial charge in [-0.05, 0) is 36.6 Å². The fourth-order valence-electron chi connectivity index (χ4n) is 2.53. The van der Waals surface area contributed by atoms with E-state index in [2.05, 4.69) is 4.98 Å². The van der Waals surface area contributed by atoms with Crippen LogP contribution in [0.2, 0.25) is 0 Å². The molecule has 0 saturated carbocycles. The summed E-state index contributed by atoms with van der Waals surface area (Å²) in [6.45, 7) is 0. The summed E-state index contributed by atoms with van der Waals surface area (Å²) in [7, 11) is 1.60. The van der Waals surface area contributed by atoms with Gasteiger partial charge < -0.3 is 4.74 Å². The molecule has 0 spiro atoms. The van der Waals surface area contributed by atoms with Crippen molar-refractivity contribution in [2.24, 2.45) is 0 Å². The third-order valence-electron chi connectivity index (χ3n) is 3.58. The molecular weight excluding hydrogens is 253 g/mol. The summed E-state index contributed by atoms with van der Waals surface area (Å²) in [5.41, 5.74) is 2.65. The molecule has 0 aliphatic heterocycles. The average Bonchev–Trinajstić information content (AvgIpc) is 2.49. The highest BCUT2D eigenvalue weighted by molar-refractivity contribution is 5.80. The van der Waals surface area contributed by atoms with Crippen molar-refractivity contribution in [1.82, 2.24) is 4.98 Å². The third kappa shape index (κ3) is 2.44. The number of aromatic nitrogens is 1. The van der Waals surface area contributed by atoms with Crippen LogP contribution in [-0.2, 0) is 6.42 Å². The Labute approximate surface area is 117 Å². The molecule has 0 amide bonds. The molecule has 0 bridgehead atoms. The smallest absolute Gasteiger partial charge is 0.217 e. The summed E-state index contributed by atoms with van der Waals surface area (Å²) in [5.74, 6) is 0.463. The van der Waals surface area contributed by atoms with Crippen LogP contribution < -0.4 is 4.74 Å². The second-order valence-electron chi connectivity index (χ2n) is 4.92. The molecule has 2 aromatic rings. The lowest BCUT2D eigenvalue weighted by Gasteiger charge is -2.13. The molecule has 1 aliphatic rings. The van der Waals surface area contributed by atoms with Crippen molar-refractivity contribution in [3.05, 3.63) is 59.4 Å². The van der Waals surface area contributed by atoms with Gasteiger partial charge in [0.05, 0.1) is 12.6 Å². The Bertz CT molecular complexity index is 703. The molecule has 1 aliphatic carbocycles. The van der Waals surface area contributed by atoms with E-state index in [4.69, 9.17) is 4.74 Å². The zero-order chi connectivity index (χ0) is 13.9. The standard InChI is InChI=1S/C17H16FNO/c1-20-17-14(10-12-6-2-4-8-15(12)18)11-13-7-3-5-9-16(13)19-17/h3-5,7-9,11H,2,6,10H2,1H3. The fourth-order valence-corrected chi connectivity index (χ4v) is 2.53. The normalized spacial score (nSPS) is 14.9. The number of ether oxygens (including phenoxy) is 1. The summed E-state index contributed by atoms with van der Waals surface area (Å²) in [5, 5.41) is 1.05. The molecule has 1 aromatic heterocycles. The molecule has 1 aromatic carbocycles. The number of pyridine rings is 1. The molecule has 20 heavy (non-hydrogen) atoms. The predicted molar refractivity (Wildman–Crippen MR) is 78.5 cm³/mol. The fraction of sp³-hybridized carbons (Fsp3) is 0.235. The summed E-state index contributed by atoms with van der Waals surface area (Å²) in [4.78, 5) is 4.50. The Hall–Kier alpha value is -2.16. The molecule has 3 heteroatoms. The van der Waals surface area contributed by atoms with E-state index in [1.54, 1.807) is 13.2 Å². The number of methoxy groups -OCH3 is 1. The first kappa shape index (κ1) is 12.9. The number of para-hydroxylation sites is 1. The van der Waals surface area contributed by atoms with Crippen molar-refractivity contribution >= 4 is 10.9 Å². The van der Waals surface area contributed by atoms with E-state index in [1.807, 2.05) is 36.4 Å². The van der Waals surface area contributed by atoms with Crippen molar-refractivity contribution in [3.63, 3.8) is 0 Å². The lowest BCUT2D eigenvalue weighted by molar-refractivity contribution is 0.395. The lowest BCUT2D eigenvalue weighted by Crippen LogP contribution is -2.01. The molecule has 1 heterocycles. The van der Waals surface area contributed by atoms with Crippen LogP contribution in [0.3, 0.4) is 0 Å². The van der Waals surface area contributed by atoms with Gasteiger partial charge in [-0.2, -0.15) is 0 Å². The first-order chi connectivity index (χ1) is 9.78. The van der Waals surface area contributed by atoms with Gasteiger partial charge >= 0.3 is 0 Å². The van der Waals surface area contributed by atoms with Crippen molar-refractivity contribution in [1.29, 1.82) is 0 Å². The molecule has 0 radical (unpaired) electrons. The predicted octanol–water partition coefficient (Wildman–Crippen LogP) is 4.36. The summed E-state index contributed by atoms with van der Waals surface area (Å²) in [6.07, 6.45) is 5.63. The third-order valence-corrected chi connectivity index (χ3v) is 3.58. The maximum Gasteiger partial charge on any atom is 0.217 e. The topological polar surface area (TPSA) is 22.1 Å². The Balaban J connectivity index is 2.04. The Morgan fingerprint density at radius 2 is 2.15 bits per heavy atom. The lowest BCUT2D eigenvalue weighted by atomic mass is 9.96. The van der Waals surface area contributed by atoms with Crippen LogP contribution in [0.15, 0.2) is 53.9 Å². The number of fused-ring (bicyclic) bond motifs is 1. The Kier molecular flexibility index (Phi) is 3.50. The molecule has 0 atom stereocenters. The highest BCUT2D eigenvalue weighted by atomic mass is 19.1. The van der Waals surface area contributed by atoms with E-state index in [0.29, 0.717) is 12.3 Å². The quantitative estimate of drug-likeness (QED) is 0.826. The van der Waals surface area contributed by atoms with Crippen molar-refractivity contribution in [3.8, 4) is 5.88 Å². The molecule has 0 saturated heterocycles. The van der Waals surface area contributed by atoms with Gasteiger partial charge in [-0.1, -0.05) is 24.3 Å². The van der Waals surface area contributed by atoms with Crippen molar-refractivity contribution < 1.29 is 9.13 Å². The van der Waals surface area contributed by atoms with Crippen molar-refractivity contribution in [2.45, 2.75) is 19.3 Å². The number of hydrogen-bond donors (Lipinski definition) is 0. The first-order valence-electron chi connectivity index (χ1n) is 6.74. The molecule has 2 nitrogen and oxygen atoms in total. The Morgan fingerprint density at radius 1 is 1.30 bits per heavy atom. The maximum atomic E-state index is 13.8. The number of hydrogen-bond acceptors (Lipinski definition) is 2. The van der Waals surface area contributed by atoms with Gasteiger partial charge in [0.2, 0.25) is 5.88 Å². The van der Waals surface area contributed by atoms with Gasteiger partial charge in [-0.3, -0.25) is 0 Å². The van der Waals surface area contributed by atoms with E-state index in [0.717, 1.165) is 34.9 Å². The van der Waals surface area contributed by atoms with Gasteiger partial charge in [-0.25, -0.2) is 9.37 Å². The molecular formula is C17H16FNO. The zero-order valence-electron chi connectivity index (χ0n) is 11.4. The van der Waals surface area contributed by atoms with Gasteiger partial charge in [0.15, 0.2) is 0 Å². The first-order valence-corrected chi connectivity index (χ1v) is 6.74. The van der Waals surface area contributed by atoms with Crippen molar-refractivity contribution in [2.75, 3.05) is 7.11 Å². The molecule has 0 fully saturated rings. The molecule has 3 rings (SSSR count). The van der Waals surface area contributed by atoms with Crippen LogP contribution in [0, 0.1) is 0 Å². The van der Waals surface area contributed by atoms with Gasteiger partial charge in [0.25, 0.3) is 0 Å². The van der Waals surface area contributed by atoms with Crippen LogP contribution in [0.1, 0.15) is 18.4 Å². The Morgan fingerprint density at radius 3 is 2.95 bits per heavy atom. The van der Waals surface area contributed by atoms with Crippen LogP contribution in [0.4, 0.5) is 4.39 Å². The van der Waals surface area contributed by atoms with Crippen LogP contribution in [-0.4, -0.2) is 12.1 Å². The zero-order valence-corrected chi connectivity index (χ0v) is 11.4. The number of allylic oxidation sites excluding steroid dienone is 4. The molecule has 0 N–H and O–H groups in total. The van der Waals surface area contributed by atoms with E-state index < -0.39 is 0 Å². The average molecular weight is 269 g/mol. The molecule has 102 valence electrons. The maximum absolute atomic E-state index is 13.8. The van der Waals surface area contributed by atoms with E-state index in [9.17, 15) is 4.39 Å². The summed E-state index contributed by atoms with van der Waals surface area (Å²) < 4.78 is 19.2. The van der Waals surface area contributed by atoms with E-state index in [1.165, 1.54) is 0 Å². The minimum atomic E-state index is -0.119. The number of benzene rings is 1. The number of halogens is 1. The number of nitrogens with zero attached hydrogens (tertiary/aromatic N) is 1. The highest BCUT2D eigenvalue weighted by Gasteiger charge is 2.13. The SMILES string of the molecule is COc1nc2ccccc2cc1CC1=C(F)C=CCC1. The number of rotatable bonds is 3. The van der Waals surface area contributed by atoms with Crippen LogP contribution >= 0.6 is 0 Å². The minimum absolute atomic E-state index is 0.119. The van der Waals surface area contributed by atoms with Gasteiger partial charge in [-0.15, -0.1) is 0 Å². The van der Waals surface area contributed by atoms with E-state index in [-0.39, 0.29) is 5.83 Å². The summed E-state index contributed by atoms with van der Waals surface area (Å²) >= 11 is 0. The van der Waals surface area contributed by atoms with Gasteiger partial charge in [0.1, 0.15) is 5.83 Å². The highest BCUT2D eigenvalue weighted by Crippen LogP contribution is 2.29. The second-order valence-corrected chi connectivity index (χ2v) is 4.92. The largest absolute Gasteiger partial charge is 0.481 e. The van der Waals surface area contributed by atoms with Crippen LogP contribution in [0.5, 0.6) is 5.88 Å². The second kappa shape index (κ2) is 5.45. The van der Waals surface area contributed by atoms with Crippen LogP contribution in [0.25, 0.3) is 10.9 Å². The molecule has 0 unspecified atom stereocenters.